The molecule has 0 aliphatic carbocycles. The molecule has 14 heavy (non-hydrogen) atoms. The highest BCUT2D eigenvalue weighted by molar-refractivity contribution is 9.10. The number of methoxy groups -OCH3 is 1. The molecule has 0 unspecified atom stereocenters. The molecule has 0 saturated carbocycles. The second-order valence-corrected chi connectivity index (χ2v) is 4.87. The van der Waals surface area contributed by atoms with Crippen LogP contribution in [0.1, 0.15) is 20.8 Å². The van der Waals surface area contributed by atoms with Crippen molar-refractivity contribution in [2.75, 3.05) is 7.11 Å². The summed E-state index contributed by atoms with van der Waals surface area (Å²) in [5.41, 5.74) is -0.200. The molecule has 0 radical (unpaired) electrons. The van der Waals surface area contributed by atoms with Crippen molar-refractivity contribution in [2.45, 2.75) is 26.4 Å². The molecule has 0 heterocycles. The van der Waals surface area contributed by atoms with Gasteiger partial charge < -0.3 is 9.47 Å². The Labute approximate surface area is 93.4 Å². The first-order valence-corrected chi connectivity index (χ1v) is 5.24. The standard InChI is InChI=1S/C11H15BrO2/c1-11(2,3)14-10-7-8(13-4)5-6-9(10)12/h5-7H,1-4H3. The van der Waals surface area contributed by atoms with Crippen LogP contribution in [-0.4, -0.2) is 12.7 Å². The van der Waals surface area contributed by atoms with E-state index in [0.29, 0.717) is 0 Å². The summed E-state index contributed by atoms with van der Waals surface area (Å²) in [5, 5.41) is 0. The van der Waals surface area contributed by atoms with Gasteiger partial charge in [0, 0.05) is 6.07 Å². The fraction of sp³-hybridized carbons (Fsp3) is 0.455. The third kappa shape index (κ3) is 3.22. The van der Waals surface area contributed by atoms with Crippen molar-refractivity contribution < 1.29 is 9.47 Å². The van der Waals surface area contributed by atoms with Crippen LogP contribution in [-0.2, 0) is 0 Å². The maximum Gasteiger partial charge on any atom is 0.137 e. The maximum atomic E-state index is 5.75. The van der Waals surface area contributed by atoms with Crippen molar-refractivity contribution in [3.8, 4) is 11.5 Å². The van der Waals surface area contributed by atoms with Crippen molar-refractivity contribution in [1.82, 2.24) is 0 Å². The topological polar surface area (TPSA) is 18.5 Å². The lowest BCUT2D eigenvalue weighted by molar-refractivity contribution is 0.129. The third-order valence-electron chi connectivity index (χ3n) is 1.55. The molecule has 0 amide bonds. The van der Waals surface area contributed by atoms with Crippen LogP contribution in [0.4, 0.5) is 0 Å². The Hall–Kier alpha value is -0.700. The molecule has 0 fully saturated rings. The van der Waals surface area contributed by atoms with E-state index in [9.17, 15) is 0 Å². The van der Waals surface area contributed by atoms with E-state index in [-0.39, 0.29) is 5.60 Å². The summed E-state index contributed by atoms with van der Waals surface area (Å²) in [4.78, 5) is 0. The van der Waals surface area contributed by atoms with Gasteiger partial charge in [-0.1, -0.05) is 0 Å². The lowest BCUT2D eigenvalue weighted by Crippen LogP contribution is -2.23. The molecule has 0 bridgehead atoms. The van der Waals surface area contributed by atoms with Gasteiger partial charge in [0.15, 0.2) is 0 Å². The van der Waals surface area contributed by atoms with Gasteiger partial charge in [-0.05, 0) is 48.8 Å². The summed E-state index contributed by atoms with van der Waals surface area (Å²) in [6.07, 6.45) is 0. The van der Waals surface area contributed by atoms with Crippen molar-refractivity contribution in [3.05, 3.63) is 22.7 Å². The van der Waals surface area contributed by atoms with Crippen LogP contribution in [0.15, 0.2) is 22.7 Å². The number of hydrogen-bond donors (Lipinski definition) is 0. The van der Waals surface area contributed by atoms with Crippen molar-refractivity contribution in [1.29, 1.82) is 0 Å². The minimum absolute atomic E-state index is 0.200. The van der Waals surface area contributed by atoms with Crippen LogP contribution in [0.2, 0.25) is 0 Å². The fourth-order valence-electron chi connectivity index (χ4n) is 1.02. The van der Waals surface area contributed by atoms with E-state index in [0.717, 1.165) is 16.0 Å². The number of rotatable bonds is 2. The van der Waals surface area contributed by atoms with Crippen LogP contribution >= 0.6 is 15.9 Å². The quantitative estimate of drug-likeness (QED) is 0.807. The van der Waals surface area contributed by atoms with Crippen LogP contribution in [0.5, 0.6) is 11.5 Å². The Morgan fingerprint density at radius 2 is 1.86 bits per heavy atom. The molecule has 0 aliphatic rings. The van der Waals surface area contributed by atoms with E-state index in [4.69, 9.17) is 9.47 Å². The van der Waals surface area contributed by atoms with Gasteiger partial charge in [0.25, 0.3) is 0 Å². The molecule has 0 aromatic heterocycles. The second kappa shape index (κ2) is 4.22. The lowest BCUT2D eigenvalue weighted by Gasteiger charge is -2.22. The first kappa shape index (κ1) is 11.4. The Morgan fingerprint density at radius 1 is 1.21 bits per heavy atom. The number of hydrogen-bond acceptors (Lipinski definition) is 2. The average molecular weight is 259 g/mol. The lowest BCUT2D eigenvalue weighted by atomic mass is 10.2. The molecule has 78 valence electrons. The molecular weight excluding hydrogens is 244 g/mol. The molecule has 3 heteroatoms. The SMILES string of the molecule is COc1ccc(Br)c(OC(C)(C)C)c1. The normalized spacial score (nSPS) is 11.2. The van der Waals surface area contributed by atoms with Gasteiger partial charge in [0.1, 0.15) is 17.1 Å². The van der Waals surface area contributed by atoms with Crippen LogP contribution < -0.4 is 9.47 Å². The molecular formula is C11H15BrO2. The monoisotopic (exact) mass is 258 g/mol. The van der Waals surface area contributed by atoms with E-state index >= 15 is 0 Å². The zero-order valence-corrected chi connectivity index (χ0v) is 10.5. The Balaban J connectivity index is 2.95. The fourth-order valence-corrected chi connectivity index (χ4v) is 1.35. The predicted octanol–water partition coefficient (Wildman–Crippen LogP) is 3.64. The number of halogens is 1. The highest BCUT2D eigenvalue weighted by Gasteiger charge is 2.14. The molecule has 0 saturated heterocycles. The summed E-state index contributed by atoms with van der Waals surface area (Å²) >= 11 is 3.43. The van der Waals surface area contributed by atoms with E-state index in [1.54, 1.807) is 7.11 Å². The van der Waals surface area contributed by atoms with E-state index < -0.39 is 0 Å². The summed E-state index contributed by atoms with van der Waals surface area (Å²) in [6, 6.07) is 5.68. The summed E-state index contributed by atoms with van der Waals surface area (Å²) in [7, 11) is 1.64. The first-order chi connectivity index (χ1) is 6.42. The van der Waals surface area contributed by atoms with Gasteiger partial charge in [0.05, 0.1) is 11.6 Å². The highest BCUT2D eigenvalue weighted by Crippen LogP contribution is 2.31. The third-order valence-corrected chi connectivity index (χ3v) is 2.21. The molecule has 1 aromatic carbocycles. The Kier molecular flexibility index (Phi) is 3.43. The second-order valence-electron chi connectivity index (χ2n) is 4.01. The summed E-state index contributed by atoms with van der Waals surface area (Å²) in [5.74, 6) is 1.60. The zero-order chi connectivity index (χ0) is 10.8. The molecule has 1 aromatic rings. The zero-order valence-electron chi connectivity index (χ0n) is 8.93. The largest absolute Gasteiger partial charge is 0.497 e. The van der Waals surface area contributed by atoms with Gasteiger partial charge in [-0.25, -0.2) is 0 Å². The number of ether oxygens (including phenoxy) is 2. The molecule has 0 aliphatic heterocycles. The van der Waals surface area contributed by atoms with Crippen LogP contribution in [0.25, 0.3) is 0 Å². The Bertz CT molecular complexity index is 316. The number of benzene rings is 1. The van der Waals surface area contributed by atoms with Crippen LogP contribution in [0, 0.1) is 0 Å². The molecule has 0 spiro atoms. The van der Waals surface area contributed by atoms with E-state index in [1.165, 1.54) is 0 Å². The van der Waals surface area contributed by atoms with Gasteiger partial charge in [-0.3, -0.25) is 0 Å². The summed E-state index contributed by atoms with van der Waals surface area (Å²) < 4.78 is 11.8. The molecule has 2 nitrogen and oxygen atoms in total. The van der Waals surface area contributed by atoms with E-state index in [1.807, 2.05) is 39.0 Å². The van der Waals surface area contributed by atoms with Gasteiger partial charge in [0.2, 0.25) is 0 Å². The minimum Gasteiger partial charge on any atom is -0.497 e. The summed E-state index contributed by atoms with van der Waals surface area (Å²) in [6.45, 7) is 6.04. The molecule has 0 atom stereocenters. The maximum absolute atomic E-state index is 5.75. The van der Waals surface area contributed by atoms with Gasteiger partial charge >= 0.3 is 0 Å². The predicted molar refractivity (Wildman–Crippen MR) is 61.1 cm³/mol. The van der Waals surface area contributed by atoms with Gasteiger partial charge in [-0.2, -0.15) is 0 Å². The first-order valence-electron chi connectivity index (χ1n) is 4.45. The molecule has 1 rings (SSSR count). The Morgan fingerprint density at radius 3 is 2.36 bits per heavy atom. The average Bonchev–Trinajstić information content (AvgIpc) is 2.06. The minimum atomic E-state index is -0.200. The van der Waals surface area contributed by atoms with Gasteiger partial charge in [-0.15, -0.1) is 0 Å². The van der Waals surface area contributed by atoms with Crippen molar-refractivity contribution in [3.63, 3.8) is 0 Å². The highest BCUT2D eigenvalue weighted by atomic mass is 79.9. The molecule has 0 N–H and O–H groups in total. The smallest absolute Gasteiger partial charge is 0.137 e. The van der Waals surface area contributed by atoms with Crippen LogP contribution in [0.3, 0.4) is 0 Å². The van der Waals surface area contributed by atoms with E-state index in [2.05, 4.69) is 15.9 Å². The van der Waals surface area contributed by atoms with Crippen molar-refractivity contribution >= 4 is 15.9 Å². The van der Waals surface area contributed by atoms with Crippen molar-refractivity contribution in [2.24, 2.45) is 0 Å².